The highest BCUT2D eigenvalue weighted by Crippen LogP contribution is 2.13. The van der Waals surface area contributed by atoms with Crippen LogP contribution in [-0.4, -0.2) is 51.3 Å². The number of rotatable bonds is 5. The summed E-state index contributed by atoms with van der Waals surface area (Å²) in [6.07, 6.45) is 2.79. The van der Waals surface area contributed by atoms with Gasteiger partial charge in [0.1, 0.15) is 0 Å². The molecule has 0 aromatic rings. The predicted octanol–water partition coefficient (Wildman–Crippen LogP) is 0.873. The molecule has 0 radical (unpaired) electrons. The molecule has 0 atom stereocenters. The summed E-state index contributed by atoms with van der Waals surface area (Å²) in [6, 6.07) is 0. The van der Waals surface area contributed by atoms with Gasteiger partial charge in [-0.25, -0.2) is 0 Å². The topological polar surface area (TPSA) is 24.5 Å². The number of ether oxygens (including phenoxy) is 1. The Balaban J connectivity index is 2.18. The molecular formula is C11H22N2O. The minimum absolute atomic E-state index is 0.476. The Bertz CT molecular complexity index is 174. The van der Waals surface area contributed by atoms with Gasteiger partial charge in [0.15, 0.2) is 0 Å². The Morgan fingerprint density at radius 3 is 2.64 bits per heavy atom. The van der Waals surface area contributed by atoms with Crippen molar-refractivity contribution in [1.29, 1.82) is 0 Å². The highest BCUT2D eigenvalue weighted by molar-refractivity contribution is 5.00. The van der Waals surface area contributed by atoms with Crippen LogP contribution in [0.5, 0.6) is 0 Å². The van der Waals surface area contributed by atoms with Gasteiger partial charge in [-0.3, -0.25) is 4.90 Å². The largest absolute Gasteiger partial charge is 0.381 e. The fourth-order valence-corrected chi connectivity index (χ4v) is 1.93. The maximum absolute atomic E-state index is 5.33. The fourth-order valence-electron chi connectivity index (χ4n) is 1.93. The Labute approximate surface area is 87.1 Å². The van der Waals surface area contributed by atoms with Crippen LogP contribution >= 0.6 is 0 Å². The van der Waals surface area contributed by atoms with Gasteiger partial charge < -0.3 is 10.1 Å². The zero-order valence-electron chi connectivity index (χ0n) is 9.38. The molecule has 1 aliphatic heterocycles. The van der Waals surface area contributed by atoms with E-state index in [1.54, 1.807) is 7.11 Å². The maximum atomic E-state index is 5.33. The standard InChI is InChI=1S/C11H22N2O/c1-10(8-12-2)9-13-6-4-11(14-3)5-7-13/h11-12H,1,4-9H2,2-3H3. The first kappa shape index (κ1) is 11.7. The molecule has 1 N–H and O–H groups in total. The van der Waals surface area contributed by atoms with Gasteiger partial charge in [0.2, 0.25) is 0 Å². The zero-order valence-corrected chi connectivity index (χ0v) is 9.38. The third kappa shape index (κ3) is 3.78. The summed E-state index contributed by atoms with van der Waals surface area (Å²) in [5.74, 6) is 0. The van der Waals surface area contributed by atoms with E-state index in [2.05, 4.69) is 16.8 Å². The van der Waals surface area contributed by atoms with Crippen molar-refractivity contribution in [2.75, 3.05) is 40.3 Å². The summed E-state index contributed by atoms with van der Waals surface area (Å²) in [6.45, 7) is 8.27. The molecule has 1 heterocycles. The molecular weight excluding hydrogens is 176 g/mol. The van der Waals surface area contributed by atoms with Crippen molar-refractivity contribution < 1.29 is 4.74 Å². The Hall–Kier alpha value is -0.380. The first-order chi connectivity index (χ1) is 6.76. The number of likely N-dealkylation sites (tertiary alicyclic amines) is 1. The second-order valence-corrected chi connectivity index (χ2v) is 3.99. The van der Waals surface area contributed by atoms with E-state index in [0.29, 0.717) is 6.10 Å². The number of nitrogens with one attached hydrogen (secondary N) is 1. The average molecular weight is 198 g/mol. The molecule has 1 rings (SSSR count). The summed E-state index contributed by atoms with van der Waals surface area (Å²) in [7, 11) is 3.77. The van der Waals surface area contributed by atoms with E-state index < -0.39 is 0 Å². The van der Waals surface area contributed by atoms with Crippen LogP contribution in [0.25, 0.3) is 0 Å². The molecule has 3 heteroatoms. The molecule has 1 aliphatic rings. The third-order valence-corrected chi connectivity index (χ3v) is 2.74. The van der Waals surface area contributed by atoms with Gasteiger partial charge in [-0.15, -0.1) is 0 Å². The van der Waals surface area contributed by atoms with Gasteiger partial charge >= 0.3 is 0 Å². The molecule has 82 valence electrons. The normalized spacial score (nSPS) is 19.9. The van der Waals surface area contributed by atoms with Crippen LogP contribution in [0.4, 0.5) is 0 Å². The van der Waals surface area contributed by atoms with Crippen molar-refractivity contribution in [2.45, 2.75) is 18.9 Å². The monoisotopic (exact) mass is 198 g/mol. The predicted molar refractivity (Wildman–Crippen MR) is 59.5 cm³/mol. The van der Waals surface area contributed by atoms with Crippen LogP contribution < -0.4 is 5.32 Å². The summed E-state index contributed by atoms with van der Waals surface area (Å²) >= 11 is 0. The second-order valence-electron chi connectivity index (χ2n) is 3.99. The molecule has 0 saturated carbocycles. The van der Waals surface area contributed by atoms with Gasteiger partial charge in [0.05, 0.1) is 6.10 Å². The number of likely N-dealkylation sites (N-methyl/N-ethyl adjacent to an activating group) is 1. The lowest BCUT2D eigenvalue weighted by Crippen LogP contribution is -2.38. The van der Waals surface area contributed by atoms with E-state index in [1.807, 2.05) is 7.05 Å². The van der Waals surface area contributed by atoms with E-state index in [1.165, 1.54) is 5.57 Å². The SMILES string of the molecule is C=C(CNC)CN1CCC(OC)CC1. The number of nitrogens with zero attached hydrogens (tertiary/aromatic N) is 1. The summed E-state index contributed by atoms with van der Waals surface area (Å²) in [5, 5.41) is 3.13. The number of hydrogen-bond donors (Lipinski definition) is 1. The van der Waals surface area contributed by atoms with Gasteiger partial charge in [0, 0.05) is 33.3 Å². The third-order valence-electron chi connectivity index (χ3n) is 2.74. The summed E-state index contributed by atoms with van der Waals surface area (Å²) in [5.41, 5.74) is 1.27. The molecule has 3 nitrogen and oxygen atoms in total. The zero-order chi connectivity index (χ0) is 10.4. The molecule has 1 fully saturated rings. The number of hydrogen-bond acceptors (Lipinski definition) is 3. The molecule has 14 heavy (non-hydrogen) atoms. The Morgan fingerprint density at radius 2 is 2.14 bits per heavy atom. The van der Waals surface area contributed by atoms with Crippen molar-refractivity contribution in [3.63, 3.8) is 0 Å². The quantitative estimate of drug-likeness (QED) is 0.664. The van der Waals surface area contributed by atoms with Crippen molar-refractivity contribution >= 4 is 0 Å². The minimum Gasteiger partial charge on any atom is -0.381 e. The highest BCUT2D eigenvalue weighted by atomic mass is 16.5. The first-order valence-corrected chi connectivity index (χ1v) is 5.32. The fraction of sp³-hybridized carbons (Fsp3) is 0.818. The van der Waals surface area contributed by atoms with Gasteiger partial charge in [-0.2, -0.15) is 0 Å². The summed E-state index contributed by atoms with van der Waals surface area (Å²) in [4.78, 5) is 2.45. The molecule has 0 aromatic carbocycles. The van der Waals surface area contributed by atoms with E-state index in [4.69, 9.17) is 4.74 Å². The van der Waals surface area contributed by atoms with Crippen LogP contribution in [0.2, 0.25) is 0 Å². The van der Waals surface area contributed by atoms with Crippen LogP contribution in [0.1, 0.15) is 12.8 Å². The number of methoxy groups -OCH3 is 1. The van der Waals surface area contributed by atoms with Crippen molar-refractivity contribution in [3.8, 4) is 0 Å². The Kier molecular flexibility index (Phi) is 5.15. The van der Waals surface area contributed by atoms with E-state index >= 15 is 0 Å². The molecule has 0 unspecified atom stereocenters. The van der Waals surface area contributed by atoms with Gasteiger partial charge in [-0.05, 0) is 25.5 Å². The highest BCUT2D eigenvalue weighted by Gasteiger charge is 2.18. The molecule has 0 bridgehead atoms. The van der Waals surface area contributed by atoms with Crippen LogP contribution in [0.15, 0.2) is 12.2 Å². The van der Waals surface area contributed by atoms with Crippen molar-refractivity contribution in [2.24, 2.45) is 0 Å². The number of piperidine rings is 1. The average Bonchev–Trinajstić information content (AvgIpc) is 2.19. The maximum Gasteiger partial charge on any atom is 0.0595 e. The van der Waals surface area contributed by atoms with Crippen LogP contribution in [0.3, 0.4) is 0 Å². The van der Waals surface area contributed by atoms with E-state index in [9.17, 15) is 0 Å². The van der Waals surface area contributed by atoms with Crippen LogP contribution in [-0.2, 0) is 4.74 Å². The minimum atomic E-state index is 0.476. The molecule has 0 spiro atoms. The van der Waals surface area contributed by atoms with Crippen molar-refractivity contribution in [1.82, 2.24) is 10.2 Å². The molecule has 0 aliphatic carbocycles. The first-order valence-electron chi connectivity index (χ1n) is 5.32. The van der Waals surface area contributed by atoms with Crippen molar-refractivity contribution in [3.05, 3.63) is 12.2 Å². The molecule has 0 amide bonds. The van der Waals surface area contributed by atoms with E-state index in [0.717, 1.165) is 39.0 Å². The lowest BCUT2D eigenvalue weighted by Gasteiger charge is -2.31. The lowest BCUT2D eigenvalue weighted by molar-refractivity contribution is 0.0437. The van der Waals surface area contributed by atoms with Gasteiger partial charge in [0.25, 0.3) is 0 Å². The molecule has 0 aromatic heterocycles. The lowest BCUT2D eigenvalue weighted by atomic mass is 10.1. The smallest absolute Gasteiger partial charge is 0.0595 e. The molecule has 1 saturated heterocycles. The van der Waals surface area contributed by atoms with E-state index in [-0.39, 0.29) is 0 Å². The second kappa shape index (κ2) is 6.17. The van der Waals surface area contributed by atoms with Gasteiger partial charge in [-0.1, -0.05) is 6.58 Å². The van der Waals surface area contributed by atoms with Crippen LogP contribution in [0, 0.1) is 0 Å². The summed E-state index contributed by atoms with van der Waals surface area (Å²) < 4.78 is 5.33. The Morgan fingerprint density at radius 1 is 1.50 bits per heavy atom.